The van der Waals surface area contributed by atoms with Crippen LogP contribution in [0, 0.1) is 0 Å². The van der Waals surface area contributed by atoms with E-state index in [4.69, 9.17) is 4.74 Å². The molecule has 12 heavy (non-hydrogen) atoms. The summed E-state index contributed by atoms with van der Waals surface area (Å²) < 4.78 is 6.86. The molecule has 0 aliphatic carbocycles. The van der Waals surface area contributed by atoms with Crippen molar-refractivity contribution in [1.82, 2.24) is 0 Å². The summed E-state index contributed by atoms with van der Waals surface area (Å²) in [5.41, 5.74) is 0. The van der Waals surface area contributed by atoms with Crippen LogP contribution < -0.4 is 0 Å². The van der Waals surface area contributed by atoms with E-state index >= 15 is 0 Å². The minimum atomic E-state index is -0.0786. The second-order valence-electron chi connectivity index (χ2n) is 2.56. The van der Waals surface area contributed by atoms with Gasteiger partial charge in [-0.1, -0.05) is 0 Å². The van der Waals surface area contributed by atoms with Crippen LogP contribution in [0.15, 0.2) is 0 Å². The predicted molar refractivity (Wildman–Crippen MR) is 51.5 cm³/mol. The molecule has 0 saturated carbocycles. The van der Waals surface area contributed by atoms with Gasteiger partial charge in [0, 0.05) is 0 Å². The van der Waals surface area contributed by atoms with Crippen molar-refractivity contribution >= 4 is 26.9 Å². The molecule has 0 atom stereocenters. The number of hydrogen-bond acceptors (Lipinski definition) is 2. The second-order valence-corrected chi connectivity index (χ2v) is 5.72. The van der Waals surface area contributed by atoms with E-state index < -0.39 is 0 Å². The molecular formula is C9H18O2Te. The standard InChI is InChI=1S/C9H18O2Te/c1-3-5-6-7-12-8-9(10)11-4-2/h3-8H2,1-2H3. The average molecular weight is 286 g/mol. The van der Waals surface area contributed by atoms with Gasteiger partial charge in [0.05, 0.1) is 0 Å². The van der Waals surface area contributed by atoms with Gasteiger partial charge < -0.3 is 0 Å². The Hall–Kier alpha value is 0.260. The van der Waals surface area contributed by atoms with Gasteiger partial charge in [-0.15, -0.1) is 0 Å². The molecular weight excluding hydrogens is 268 g/mol. The Morgan fingerprint density at radius 3 is 2.67 bits per heavy atom. The van der Waals surface area contributed by atoms with Crippen LogP contribution >= 0.6 is 0 Å². The molecule has 3 heteroatoms. The van der Waals surface area contributed by atoms with Crippen LogP contribution in [0.4, 0.5) is 0 Å². The maximum atomic E-state index is 10.9. The van der Waals surface area contributed by atoms with Crippen LogP contribution in [0.25, 0.3) is 0 Å². The Bertz CT molecular complexity index is 115. The van der Waals surface area contributed by atoms with Crippen molar-refractivity contribution in [1.29, 1.82) is 0 Å². The fourth-order valence-electron chi connectivity index (χ4n) is 0.812. The fourth-order valence-corrected chi connectivity index (χ4v) is 3.10. The number of carbonyl (C=O) groups excluding carboxylic acids is 1. The average Bonchev–Trinajstić information content (AvgIpc) is 2.05. The van der Waals surface area contributed by atoms with Crippen molar-refractivity contribution in [2.45, 2.75) is 42.0 Å². The first kappa shape index (κ1) is 12.3. The molecule has 0 aromatic heterocycles. The zero-order chi connectivity index (χ0) is 9.23. The predicted octanol–water partition coefficient (Wildman–Crippen LogP) is 2.28. The summed E-state index contributed by atoms with van der Waals surface area (Å²) in [4.78, 5) is 10.9. The minimum absolute atomic E-state index is 0.0106. The zero-order valence-corrected chi connectivity index (χ0v) is 10.3. The quantitative estimate of drug-likeness (QED) is 0.408. The normalized spacial score (nSPS) is 9.83. The number of hydrogen-bond donors (Lipinski definition) is 0. The molecule has 0 aromatic rings. The molecule has 0 fully saturated rings. The Kier molecular flexibility index (Phi) is 9.55. The van der Waals surface area contributed by atoms with Gasteiger partial charge in [-0.2, -0.15) is 0 Å². The first-order chi connectivity index (χ1) is 5.81. The van der Waals surface area contributed by atoms with Crippen molar-refractivity contribution in [2.24, 2.45) is 0 Å². The van der Waals surface area contributed by atoms with E-state index in [0.29, 0.717) is 6.61 Å². The van der Waals surface area contributed by atoms with Crippen molar-refractivity contribution in [3.05, 3.63) is 0 Å². The summed E-state index contributed by atoms with van der Waals surface area (Å²) in [7, 11) is 0. The molecule has 0 aliphatic heterocycles. The summed E-state index contributed by atoms with van der Waals surface area (Å²) >= 11 is -0.0786. The van der Waals surface area contributed by atoms with Gasteiger partial charge in [0.25, 0.3) is 0 Å². The summed E-state index contributed by atoms with van der Waals surface area (Å²) in [5, 5.41) is 0. The monoisotopic (exact) mass is 288 g/mol. The Morgan fingerprint density at radius 2 is 2.08 bits per heavy atom. The van der Waals surface area contributed by atoms with Crippen LogP contribution in [-0.2, 0) is 9.53 Å². The summed E-state index contributed by atoms with van der Waals surface area (Å²) in [6, 6.07) is 0. The number of rotatable bonds is 7. The molecule has 0 N–H and O–H groups in total. The maximum absolute atomic E-state index is 10.9. The SMILES string of the molecule is CCCCC[Te]CC(=O)OCC. The van der Waals surface area contributed by atoms with E-state index in [1.807, 2.05) is 6.92 Å². The van der Waals surface area contributed by atoms with E-state index in [1.54, 1.807) is 0 Å². The molecule has 0 spiro atoms. The van der Waals surface area contributed by atoms with Crippen LogP contribution in [0.1, 0.15) is 33.1 Å². The summed E-state index contributed by atoms with van der Waals surface area (Å²) in [5.74, 6) is 0.0106. The number of unbranched alkanes of at least 4 members (excludes halogenated alkanes) is 2. The van der Waals surface area contributed by atoms with Crippen molar-refractivity contribution in [2.75, 3.05) is 6.61 Å². The molecule has 0 amide bonds. The molecule has 0 heterocycles. The van der Waals surface area contributed by atoms with Gasteiger partial charge in [0.2, 0.25) is 0 Å². The molecule has 0 aliphatic rings. The Labute approximate surface area is 85.1 Å². The van der Waals surface area contributed by atoms with Crippen LogP contribution in [0.2, 0.25) is 8.94 Å². The third-order valence-electron chi connectivity index (χ3n) is 1.42. The van der Waals surface area contributed by atoms with Crippen LogP contribution in [0.5, 0.6) is 0 Å². The van der Waals surface area contributed by atoms with E-state index in [0.717, 1.165) is 4.47 Å². The van der Waals surface area contributed by atoms with E-state index in [2.05, 4.69) is 6.92 Å². The molecule has 0 unspecified atom stereocenters. The van der Waals surface area contributed by atoms with Gasteiger partial charge in [-0.05, 0) is 0 Å². The molecule has 0 aromatic carbocycles. The van der Waals surface area contributed by atoms with Gasteiger partial charge in [-0.3, -0.25) is 0 Å². The molecule has 0 bridgehead atoms. The van der Waals surface area contributed by atoms with Gasteiger partial charge >= 0.3 is 85.1 Å². The van der Waals surface area contributed by atoms with E-state index in [-0.39, 0.29) is 26.9 Å². The number of ether oxygens (including phenoxy) is 1. The van der Waals surface area contributed by atoms with Crippen molar-refractivity contribution < 1.29 is 9.53 Å². The van der Waals surface area contributed by atoms with Crippen molar-refractivity contribution in [3.63, 3.8) is 0 Å². The van der Waals surface area contributed by atoms with Gasteiger partial charge in [0.15, 0.2) is 0 Å². The third-order valence-corrected chi connectivity index (χ3v) is 4.32. The van der Waals surface area contributed by atoms with E-state index in [1.165, 1.54) is 23.7 Å². The Morgan fingerprint density at radius 1 is 1.33 bits per heavy atom. The molecule has 0 saturated heterocycles. The fraction of sp³-hybridized carbons (Fsp3) is 0.889. The van der Waals surface area contributed by atoms with Gasteiger partial charge in [0.1, 0.15) is 0 Å². The first-order valence-electron chi connectivity index (χ1n) is 4.54. The molecule has 72 valence electrons. The molecule has 0 rings (SSSR count). The van der Waals surface area contributed by atoms with Gasteiger partial charge in [-0.25, -0.2) is 0 Å². The Balaban J connectivity index is 3.03. The molecule has 0 radical (unpaired) electrons. The van der Waals surface area contributed by atoms with Crippen molar-refractivity contribution in [3.8, 4) is 0 Å². The van der Waals surface area contributed by atoms with Crippen LogP contribution in [0.3, 0.4) is 0 Å². The summed E-state index contributed by atoms with van der Waals surface area (Å²) in [6.45, 7) is 4.59. The number of esters is 1. The zero-order valence-electron chi connectivity index (χ0n) is 7.97. The van der Waals surface area contributed by atoms with E-state index in [9.17, 15) is 4.79 Å². The second kappa shape index (κ2) is 9.35. The number of carbonyl (C=O) groups is 1. The molecule has 2 nitrogen and oxygen atoms in total. The topological polar surface area (TPSA) is 26.3 Å². The van der Waals surface area contributed by atoms with Crippen LogP contribution in [-0.4, -0.2) is 33.5 Å². The first-order valence-corrected chi connectivity index (χ1v) is 7.84. The third kappa shape index (κ3) is 8.36. The summed E-state index contributed by atoms with van der Waals surface area (Å²) in [6.07, 6.45) is 3.89.